The minimum absolute atomic E-state index is 0.0943. The van der Waals surface area contributed by atoms with Crippen LogP contribution in [0, 0.1) is 11.3 Å². The van der Waals surface area contributed by atoms with E-state index in [9.17, 15) is 8.42 Å². The van der Waals surface area contributed by atoms with Gasteiger partial charge in [-0.1, -0.05) is 18.2 Å². The van der Waals surface area contributed by atoms with E-state index >= 15 is 0 Å². The second-order valence-electron chi connectivity index (χ2n) is 2.65. The number of nitrogens with zero attached hydrogens (tertiary/aromatic N) is 1. The second-order valence-corrected chi connectivity index (χ2v) is 4.51. The molecule has 0 atom stereocenters. The Morgan fingerprint density at radius 1 is 1.43 bits per heavy atom. The van der Waals surface area contributed by atoms with Crippen LogP contribution in [0.5, 0.6) is 0 Å². The van der Waals surface area contributed by atoms with Crippen molar-refractivity contribution in [1.82, 2.24) is 4.72 Å². The molecule has 0 saturated heterocycles. The highest BCUT2D eigenvalue weighted by Crippen LogP contribution is 2.14. The van der Waals surface area contributed by atoms with Crippen molar-refractivity contribution in [3.8, 4) is 6.07 Å². The Morgan fingerprint density at radius 2 is 2.07 bits per heavy atom. The van der Waals surface area contributed by atoms with Crippen molar-refractivity contribution in [2.24, 2.45) is 0 Å². The Bertz CT molecular complexity index is 460. The summed E-state index contributed by atoms with van der Waals surface area (Å²) in [7, 11) is -2.11. The molecular formula is C9H10N2O2S. The summed E-state index contributed by atoms with van der Waals surface area (Å²) >= 11 is 0. The van der Waals surface area contributed by atoms with Crippen LogP contribution in [-0.2, 0) is 16.4 Å². The lowest BCUT2D eigenvalue weighted by molar-refractivity contribution is 0.587. The molecule has 0 saturated carbocycles. The van der Waals surface area contributed by atoms with Crippen molar-refractivity contribution in [3.05, 3.63) is 29.8 Å². The van der Waals surface area contributed by atoms with Gasteiger partial charge in [0.2, 0.25) is 10.0 Å². The van der Waals surface area contributed by atoms with Gasteiger partial charge < -0.3 is 0 Å². The standard InChI is InChI=1S/C9H10N2O2S/c1-11-14(12,13)9-5-3-2-4-8(9)6-7-10/h2-5,11H,6H2,1H3. The van der Waals surface area contributed by atoms with Gasteiger partial charge in [0.15, 0.2) is 0 Å². The Labute approximate surface area is 83.2 Å². The fourth-order valence-electron chi connectivity index (χ4n) is 1.11. The van der Waals surface area contributed by atoms with Crippen molar-refractivity contribution in [2.75, 3.05) is 7.05 Å². The Kier molecular flexibility index (Phi) is 3.23. The molecule has 1 aromatic carbocycles. The predicted molar refractivity (Wildman–Crippen MR) is 52.0 cm³/mol. The maximum absolute atomic E-state index is 11.5. The van der Waals surface area contributed by atoms with Gasteiger partial charge in [0, 0.05) is 0 Å². The molecule has 0 spiro atoms. The summed E-state index contributed by atoms with van der Waals surface area (Å²) in [5.74, 6) is 0. The van der Waals surface area contributed by atoms with Gasteiger partial charge in [-0.05, 0) is 18.7 Å². The first-order valence-corrected chi connectivity index (χ1v) is 5.48. The quantitative estimate of drug-likeness (QED) is 0.796. The van der Waals surface area contributed by atoms with Crippen LogP contribution < -0.4 is 4.72 Å². The SMILES string of the molecule is CNS(=O)(=O)c1ccccc1CC#N. The van der Waals surface area contributed by atoms with Crippen LogP contribution >= 0.6 is 0 Å². The second kappa shape index (κ2) is 4.22. The average molecular weight is 210 g/mol. The molecule has 74 valence electrons. The minimum atomic E-state index is -3.45. The van der Waals surface area contributed by atoms with E-state index in [0.717, 1.165) is 0 Å². The lowest BCUT2D eigenvalue weighted by atomic mass is 10.2. The molecule has 0 aromatic heterocycles. The average Bonchev–Trinajstić information content (AvgIpc) is 2.19. The van der Waals surface area contributed by atoms with Gasteiger partial charge in [-0.2, -0.15) is 5.26 Å². The fourth-order valence-corrected chi connectivity index (χ4v) is 2.07. The van der Waals surface area contributed by atoms with Crippen molar-refractivity contribution in [1.29, 1.82) is 5.26 Å². The van der Waals surface area contributed by atoms with E-state index in [1.165, 1.54) is 13.1 Å². The predicted octanol–water partition coefficient (Wildman–Crippen LogP) is 0.661. The lowest BCUT2D eigenvalue weighted by Crippen LogP contribution is -2.19. The smallest absolute Gasteiger partial charge is 0.214 e. The number of hydrogen-bond donors (Lipinski definition) is 1. The molecule has 14 heavy (non-hydrogen) atoms. The third kappa shape index (κ3) is 2.10. The first-order valence-electron chi connectivity index (χ1n) is 4.00. The van der Waals surface area contributed by atoms with Crippen LogP contribution in [0.2, 0.25) is 0 Å². The van der Waals surface area contributed by atoms with Crippen LogP contribution in [0.4, 0.5) is 0 Å². The van der Waals surface area contributed by atoms with E-state index in [1.54, 1.807) is 18.2 Å². The van der Waals surface area contributed by atoms with E-state index in [-0.39, 0.29) is 11.3 Å². The summed E-state index contributed by atoms with van der Waals surface area (Å²) in [5, 5.41) is 8.52. The van der Waals surface area contributed by atoms with E-state index in [0.29, 0.717) is 5.56 Å². The lowest BCUT2D eigenvalue weighted by Gasteiger charge is -2.05. The van der Waals surface area contributed by atoms with Crippen molar-refractivity contribution in [2.45, 2.75) is 11.3 Å². The van der Waals surface area contributed by atoms with E-state index in [1.807, 2.05) is 6.07 Å². The molecule has 0 aliphatic heterocycles. The van der Waals surface area contributed by atoms with E-state index < -0.39 is 10.0 Å². The van der Waals surface area contributed by atoms with Gasteiger partial charge in [-0.25, -0.2) is 13.1 Å². The molecule has 0 radical (unpaired) electrons. The number of benzene rings is 1. The Hall–Kier alpha value is -1.38. The maximum Gasteiger partial charge on any atom is 0.240 e. The van der Waals surface area contributed by atoms with Crippen LogP contribution in [0.1, 0.15) is 5.56 Å². The fraction of sp³-hybridized carbons (Fsp3) is 0.222. The van der Waals surface area contributed by atoms with Crippen LogP contribution in [0.15, 0.2) is 29.2 Å². The first kappa shape index (κ1) is 10.7. The summed E-state index contributed by atoms with van der Waals surface area (Å²) in [6.07, 6.45) is 0.0943. The zero-order valence-corrected chi connectivity index (χ0v) is 8.50. The van der Waals surface area contributed by atoms with Crippen molar-refractivity contribution >= 4 is 10.0 Å². The monoisotopic (exact) mass is 210 g/mol. The van der Waals surface area contributed by atoms with E-state index in [2.05, 4.69) is 4.72 Å². The summed E-state index contributed by atoms with van der Waals surface area (Å²) in [4.78, 5) is 0.170. The van der Waals surface area contributed by atoms with Crippen molar-refractivity contribution < 1.29 is 8.42 Å². The summed E-state index contributed by atoms with van der Waals surface area (Å²) in [6, 6.07) is 8.39. The molecule has 0 fully saturated rings. The highest BCUT2D eigenvalue weighted by molar-refractivity contribution is 7.89. The number of hydrogen-bond acceptors (Lipinski definition) is 3. The summed E-state index contributed by atoms with van der Waals surface area (Å²) in [5.41, 5.74) is 0.518. The molecule has 0 aliphatic carbocycles. The van der Waals surface area contributed by atoms with Crippen LogP contribution in [0.25, 0.3) is 0 Å². The normalized spacial score (nSPS) is 10.9. The van der Waals surface area contributed by atoms with Crippen LogP contribution in [-0.4, -0.2) is 15.5 Å². The third-order valence-electron chi connectivity index (χ3n) is 1.80. The molecule has 0 unspecified atom stereocenters. The van der Waals surface area contributed by atoms with Gasteiger partial charge in [-0.15, -0.1) is 0 Å². The molecule has 1 aromatic rings. The van der Waals surface area contributed by atoms with E-state index in [4.69, 9.17) is 5.26 Å². The van der Waals surface area contributed by atoms with Crippen molar-refractivity contribution in [3.63, 3.8) is 0 Å². The molecule has 0 heterocycles. The molecule has 1 N–H and O–H groups in total. The number of rotatable bonds is 3. The third-order valence-corrected chi connectivity index (χ3v) is 3.32. The first-order chi connectivity index (χ1) is 6.61. The van der Waals surface area contributed by atoms with Crippen LogP contribution in [0.3, 0.4) is 0 Å². The van der Waals surface area contributed by atoms with Gasteiger partial charge in [0.25, 0.3) is 0 Å². The molecular weight excluding hydrogens is 200 g/mol. The zero-order valence-electron chi connectivity index (χ0n) is 7.69. The molecule has 1 rings (SSSR count). The largest absolute Gasteiger partial charge is 0.240 e. The molecule has 4 nitrogen and oxygen atoms in total. The zero-order chi connectivity index (χ0) is 10.6. The topological polar surface area (TPSA) is 70.0 Å². The number of nitriles is 1. The number of sulfonamides is 1. The minimum Gasteiger partial charge on any atom is -0.214 e. The maximum atomic E-state index is 11.5. The Balaban J connectivity index is 3.29. The molecule has 0 amide bonds. The van der Waals surface area contributed by atoms with Gasteiger partial charge in [0.05, 0.1) is 17.4 Å². The molecule has 0 aliphatic rings. The molecule has 0 bridgehead atoms. The van der Waals surface area contributed by atoms with Gasteiger partial charge >= 0.3 is 0 Å². The van der Waals surface area contributed by atoms with Gasteiger partial charge in [0.1, 0.15) is 0 Å². The number of nitrogens with one attached hydrogen (secondary N) is 1. The highest BCUT2D eigenvalue weighted by Gasteiger charge is 2.14. The summed E-state index contributed by atoms with van der Waals surface area (Å²) < 4.78 is 25.2. The Morgan fingerprint density at radius 3 is 2.64 bits per heavy atom. The summed E-state index contributed by atoms with van der Waals surface area (Å²) in [6.45, 7) is 0. The highest BCUT2D eigenvalue weighted by atomic mass is 32.2. The van der Waals surface area contributed by atoms with Gasteiger partial charge in [-0.3, -0.25) is 0 Å². The molecule has 5 heteroatoms.